The summed E-state index contributed by atoms with van der Waals surface area (Å²) < 4.78 is 0. The van der Waals surface area contributed by atoms with Gasteiger partial charge in [-0.15, -0.1) is 0 Å². The minimum Gasteiger partial charge on any atom is -0.350 e. The van der Waals surface area contributed by atoms with Crippen LogP contribution in [-0.2, 0) is 0 Å². The van der Waals surface area contributed by atoms with Crippen LogP contribution in [0.5, 0.6) is 0 Å². The average Bonchev–Trinajstić information content (AvgIpc) is 2.74. The van der Waals surface area contributed by atoms with Gasteiger partial charge in [-0.3, -0.25) is 5.43 Å². The third-order valence-electron chi connectivity index (χ3n) is 2.88. The van der Waals surface area contributed by atoms with E-state index in [-0.39, 0.29) is 0 Å². The van der Waals surface area contributed by atoms with Gasteiger partial charge in [0.25, 0.3) is 0 Å². The van der Waals surface area contributed by atoms with Crippen molar-refractivity contribution in [3.8, 4) is 0 Å². The molecule has 1 fully saturated rings. The van der Waals surface area contributed by atoms with Crippen LogP contribution in [0.25, 0.3) is 0 Å². The number of likely N-dealkylation sites (N-methyl/N-ethyl adjacent to an activating group) is 1. The first-order valence-corrected chi connectivity index (χ1v) is 5.93. The summed E-state index contributed by atoms with van der Waals surface area (Å²) in [5, 5.41) is 3.32. The number of hydrazine groups is 1. The molecule has 100 valence electrons. The average molecular weight is 252 g/mol. The highest BCUT2D eigenvalue weighted by molar-refractivity contribution is 5.42. The van der Waals surface area contributed by atoms with Crippen LogP contribution in [0.4, 0.5) is 17.8 Å². The second-order valence-corrected chi connectivity index (χ2v) is 4.71. The van der Waals surface area contributed by atoms with Crippen molar-refractivity contribution < 1.29 is 0 Å². The molecule has 1 aromatic rings. The first-order valence-electron chi connectivity index (χ1n) is 5.93. The van der Waals surface area contributed by atoms with Crippen LogP contribution >= 0.6 is 0 Å². The van der Waals surface area contributed by atoms with E-state index in [1.807, 2.05) is 19.0 Å². The van der Waals surface area contributed by atoms with Crippen LogP contribution in [0.2, 0.25) is 0 Å². The van der Waals surface area contributed by atoms with Crippen molar-refractivity contribution in [3.05, 3.63) is 0 Å². The predicted molar refractivity (Wildman–Crippen MR) is 71.5 cm³/mol. The minimum atomic E-state index is 0.363. The fourth-order valence-corrected chi connectivity index (χ4v) is 1.93. The van der Waals surface area contributed by atoms with Crippen LogP contribution in [0.1, 0.15) is 6.42 Å². The van der Waals surface area contributed by atoms with E-state index in [9.17, 15) is 0 Å². The third-order valence-corrected chi connectivity index (χ3v) is 2.88. The van der Waals surface area contributed by atoms with Gasteiger partial charge in [0.2, 0.25) is 17.8 Å². The summed E-state index contributed by atoms with van der Waals surface area (Å²) in [6.45, 7) is 2.08. The number of nitrogens with one attached hydrogen (secondary N) is 2. The number of nitrogen functional groups attached to an aromatic ring is 1. The number of nitrogens with zero attached hydrogens (tertiary/aromatic N) is 5. The number of hydrogen-bond acceptors (Lipinski definition) is 8. The topological polar surface area (TPSA) is 95.2 Å². The number of nitrogens with two attached hydrogens (primary N) is 1. The highest BCUT2D eigenvalue weighted by Crippen LogP contribution is 2.15. The van der Waals surface area contributed by atoms with Gasteiger partial charge >= 0.3 is 0 Å². The molecule has 0 saturated carbocycles. The Morgan fingerprint density at radius 3 is 2.56 bits per heavy atom. The molecule has 1 saturated heterocycles. The summed E-state index contributed by atoms with van der Waals surface area (Å²) >= 11 is 0. The van der Waals surface area contributed by atoms with Gasteiger partial charge in [-0.05, 0) is 20.0 Å². The van der Waals surface area contributed by atoms with Gasteiger partial charge in [-0.1, -0.05) is 0 Å². The zero-order valence-electron chi connectivity index (χ0n) is 11.0. The maximum Gasteiger partial charge on any atom is 0.243 e. The number of rotatable bonds is 4. The third kappa shape index (κ3) is 2.96. The molecule has 0 bridgehead atoms. The van der Waals surface area contributed by atoms with Crippen LogP contribution in [0.15, 0.2) is 0 Å². The number of aromatic nitrogens is 3. The zero-order chi connectivity index (χ0) is 13.1. The van der Waals surface area contributed by atoms with Gasteiger partial charge in [0.1, 0.15) is 0 Å². The summed E-state index contributed by atoms with van der Waals surface area (Å²) in [6, 6.07) is 0.373. The quantitative estimate of drug-likeness (QED) is 0.480. The van der Waals surface area contributed by atoms with Gasteiger partial charge < -0.3 is 15.1 Å². The molecule has 1 aliphatic rings. The Morgan fingerprint density at radius 2 is 2.00 bits per heavy atom. The van der Waals surface area contributed by atoms with Crippen LogP contribution < -0.4 is 21.5 Å². The Balaban J connectivity index is 2.13. The van der Waals surface area contributed by atoms with Crippen molar-refractivity contribution in [2.24, 2.45) is 5.84 Å². The zero-order valence-corrected chi connectivity index (χ0v) is 11.0. The molecule has 18 heavy (non-hydrogen) atoms. The molecule has 2 heterocycles. The summed E-state index contributed by atoms with van der Waals surface area (Å²) in [4.78, 5) is 16.8. The fraction of sp³-hybridized carbons (Fsp3) is 0.700. The first kappa shape index (κ1) is 12.8. The highest BCUT2D eigenvalue weighted by Gasteiger charge is 2.20. The lowest BCUT2D eigenvalue weighted by Crippen LogP contribution is -2.26. The Bertz CT molecular complexity index is 407. The lowest BCUT2D eigenvalue weighted by molar-refractivity contribution is 0.414. The molecule has 0 aromatic carbocycles. The Hall–Kier alpha value is -1.67. The van der Waals surface area contributed by atoms with Gasteiger partial charge in [0.15, 0.2) is 0 Å². The SMILES string of the molecule is CN1CCC(Nc2nc(NN)nc(N(C)C)n2)C1. The Morgan fingerprint density at radius 1 is 1.28 bits per heavy atom. The number of hydrogen-bond donors (Lipinski definition) is 3. The van der Waals surface area contributed by atoms with E-state index in [0.717, 1.165) is 19.5 Å². The number of likely N-dealkylation sites (tertiary alicyclic amines) is 1. The van der Waals surface area contributed by atoms with Gasteiger partial charge in [0, 0.05) is 26.7 Å². The Kier molecular flexibility index (Phi) is 3.78. The van der Waals surface area contributed by atoms with Crippen molar-refractivity contribution >= 4 is 17.8 Å². The highest BCUT2D eigenvalue weighted by atomic mass is 15.4. The molecule has 0 spiro atoms. The molecule has 0 radical (unpaired) electrons. The van der Waals surface area contributed by atoms with Gasteiger partial charge in [-0.2, -0.15) is 15.0 Å². The molecule has 2 rings (SSSR count). The van der Waals surface area contributed by atoms with Crippen LogP contribution in [-0.4, -0.2) is 60.1 Å². The molecular weight excluding hydrogens is 232 g/mol. The van der Waals surface area contributed by atoms with E-state index < -0.39 is 0 Å². The fourth-order valence-electron chi connectivity index (χ4n) is 1.93. The summed E-state index contributed by atoms with van der Waals surface area (Å²) in [6.07, 6.45) is 1.09. The normalized spacial score (nSPS) is 19.9. The molecule has 4 N–H and O–H groups in total. The molecule has 1 atom stereocenters. The monoisotopic (exact) mass is 252 g/mol. The van der Waals surface area contributed by atoms with E-state index in [2.05, 4.69) is 37.6 Å². The lowest BCUT2D eigenvalue weighted by atomic mass is 10.3. The smallest absolute Gasteiger partial charge is 0.243 e. The van der Waals surface area contributed by atoms with Crippen molar-refractivity contribution in [2.75, 3.05) is 49.9 Å². The van der Waals surface area contributed by atoms with Crippen molar-refractivity contribution in [1.82, 2.24) is 19.9 Å². The van der Waals surface area contributed by atoms with Gasteiger partial charge in [-0.25, -0.2) is 5.84 Å². The summed E-state index contributed by atoms with van der Waals surface area (Å²) in [5.41, 5.74) is 2.46. The Labute approximate surface area is 107 Å². The molecule has 0 amide bonds. The van der Waals surface area contributed by atoms with E-state index in [1.165, 1.54) is 0 Å². The molecule has 1 unspecified atom stereocenters. The van der Waals surface area contributed by atoms with Gasteiger partial charge in [0.05, 0.1) is 0 Å². The summed E-state index contributed by atoms with van der Waals surface area (Å²) in [5.74, 6) is 6.86. The second kappa shape index (κ2) is 5.32. The largest absolute Gasteiger partial charge is 0.350 e. The van der Waals surface area contributed by atoms with Crippen LogP contribution in [0.3, 0.4) is 0 Å². The molecule has 0 aliphatic carbocycles. The number of anilines is 3. The van der Waals surface area contributed by atoms with E-state index in [0.29, 0.717) is 23.9 Å². The van der Waals surface area contributed by atoms with E-state index >= 15 is 0 Å². The second-order valence-electron chi connectivity index (χ2n) is 4.71. The first-order chi connectivity index (χ1) is 8.58. The van der Waals surface area contributed by atoms with Crippen molar-refractivity contribution in [1.29, 1.82) is 0 Å². The summed E-state index contributed by atoms with van der Waals surface area (Å²) in [7, 11) is 5.86. The maximum absolute atomic E-state index is 5.36. The molecule has 8 heteroatoms. The molecule has 1 aliphatic heterocycles. The lowest BCUT2D eigenvalue weighted by Gasteiger charge is -2.16. The standard InChI is InChI=1S/C10H20N8/c1-17(2)10-14-8(13-9(15-10)16-11)12-7-4-5-18(3)6-7/h7H,4-6,11H2,1-3H3,(H2,12,13,14,15,16). The van der Waals surface area contributed by atoms with E-state index in [4.69, 9.17) is 5.84 Å². The molecule has 1 aromatic heterocycles. The van der Waals surface area contributed by atoms with Crippen LogP contribution in [0, 0.1) is 0 Å². The van der Waals surface area contributed by atoms with Crippen molar-refractivity contribution in [2.45, 2.75) is 12.5 Å². The van der Waals surface area contributed by atoms with E-state index in [1.54, 1.807) is 0 Å². The molecular formula is C10H20N8. The minimum absolute atomic E-state index is 0.363. The van der Waals surface area contributed by atoms with Crippen molar-refractivity contribution in [3.63, 3.8) is 0 Å². The predicted octanol–water partition coefficient (Wildman–Crippen LogP) is -0.661. The maximum atomic E-state index is 5.36. The molecule has 8 nitrogen and oxygen atoms in total.